The van der Waals surface area contributed by atoms with Crippen LogP contribution in [0, 0.1) is 6.92 Å². The molecule has 0 saturated heterocycles. The number of hydrogen-bond donors (Lipinski definition) is 2. The third-order valence-electron chi connectivity index (χ3n) is 4.50. The van der Waals surface area contributed by atoms with Gasteiger partial charge in [0.05, 0.1) is 5.52 Å². The van der Waals surface area contributed by atoms with Gasteiger partial charge in [-0.1, -0.05) is 42.0 Å². The zero-order valence-corrected chi connectivity index (χ0v) is 17.1. The van der Waals surface area contributed by atoms with Crippen molar-refractivity contribution < 1.29 is 24.2 Å². The minimum Gasteiger partial charge on any atom is -0.473 e. The molecule has 2 N–H and O–H groups in total. The van der Waals surface area contributed by atoms with Crippen LogP contribution in [0.2, 0.25) is 0 Å². The van der Waals surface area contributed by atoms with Gasteiger partial charge in [-0.15, -0.1) is 0 Å². The summed E-state index contributed by atoms with van der Waals surface area (Å²) in [6, 6.07) is 16.3. The number of carboxylic acids is 2. The molecule has 8 nitrogen and oxygen atoms in total. The molecule has 0 aliphatic rings. The van der Waals surface area contributed by atoms with E-state index in [9.17, 15) is 4.79 Å². The minimum absolute atomic E-state index is 0.260. The molecule has 0 amide bonds. The number of aryl methyl sites for hydroxylation is 2. The summed E-state index contributed by atoms with van der Waals surface area (Å²) < 4.78 is 6.99. The van der Waals surface area contributed by atoms with E-state index in [1.807, 2.05) is 24.3 Å². The Kier molecular flexibility index (Phi) is 8.37. The minimum atomic E-state index is -1.82. The first-order chi connectivity index (χ1) is 14.3. The summed E-state index contributed by atoms with van der Waals surface area (Å²) in [5.41, 5.74) is 4.17. The number of oxazole rings is 1. The van der Waals surface area contributed by atoms with E-state index in [1.54, 1.807) is 4.57 Å². The average Bonchev–Trinajstić information content (AvgIpc) is 3.02. The van der Waals surface area contributed by atoms with E-state index in [0.717, 1.165) is 31.4 Å². The van der Waals surface area contributed by atoms with E-state index in [1.165, 1.54) is 11.1 Å². The Morgan fingerprint density at radius 1 is 1.00 bits per heavy atom. The lowest BCUT2D eigenvalue weighted by atomic mass is 10.1. The SMILES string of the molecule is Cc1ccc(CN(C)CCCCn2c(=O)oc3ccccc32)cc1.O=C(O)C(=O)O. The molecule has 3 aromatic rings. The molecule has 0 saturated carbocycles. The molecule has 30 heavy (non-hydrogen) atoms. The molecule has 0 unspecified atom stereocenters. The summed E-state index contributed by atoms with van der Waals surface area (Å²) in [5, 5.41) is 14.8. The average molecular weight is 414 g/mol. The molecule has 1 heterocycles. The lowest BCUT2D eigenvalue weighted by molar-refractivity contribution is -0.159. The van der Waals surface area contributed by atoms with Crippen molar-refractivity contribution in [1.82, 2.24) is 9.47 Å². The molecular weight excluding hydrogens is 388 g/mol. The second kappa shape index (κ2) is 11.0. The molecule has 0 aliphatic heterocycles. The van der Waals surface area contributed by atoms with Crippen LogP contribution >= 0.6 is 0 Å². The number of carboxylic acid groups (broad SMARTS) is 2. The molecular formula is C22H26N2O6. The number of nitrogens with zero attached hydrogens (tertiary/aromatic N) is 2. The van der Waals surface area contributed by atoms with Gasteiger partial charge in [0.2, 0.25) is 0 Å². The van der Waals surface area contributed by atoms with Crippen molar-refractivity contribution in [2.45, 2.75) is 32.9 Å². The first-order valence-electron chi connectivity index (χ1n) is 9.56. The lowest BCUT2D eigenvalue weighted by Crippen LogP contribution is -2.20. The second-order valence-corrected chi connectivity index (χ2v) is 7.03. The number of hydrogen-bond acceptors (Lipinski definition) is 5. The Bertz CT molecular complexity index is 1020. The van der Waals surface area contributed by atoms with Gasteiger partial charge in [-0.25, -0.2) is 14.4 Å². The summed E-state index contributed by atoms with van der Waals surface area (Å²) in [5.74, 6) is -3.91. The number of aromatic nitrogens is 1. The largest absolute Gasteiger partial charge is 0.473 e. The summed E-state index contributed by atoms with van der Waals surface area (Å²) in [6.07, 6.45) is 2.01. The van der Waals surface area contributed by atoms with Gasteiger partial charge in [-0.2, -0.15) is 0 Å². The molecule has 3 rings (SSSR count). The Hall–Kier alpha value is -3.39. The first-order valence-corrected chi connectivity index (χ1v) is 9.56. The maximum absolute atomic E-state index is 11.9. The van der Waals surface area contributed by atoms with Crippen LogP contribution in [0.15, 0.2) is 57.7 Å². The molecule has 160 valence electrons. The van der Waals surface area contributed by atoms with E-state index in [0.29, 0.717) is 12.1 Å². The van der Waals surface area contributed by atoms with Crippen molar-refractivity contribution in [3.05, 3.63) is 70.2 Å². The third kappa shape index (κ3) is 6.89. The van der Waals surface area contributed by atoms with Crippen LogP contribution in [0.25, 0.3) is 11.1 Å². The smallest absolute Gasteiger partial charge is 0.419 e. The van der Waals surface area contributed by atoms with E-state index in [-0.39, 0.29) is 5.76 Å². The van der Waals surface area contributed by atoms with Crippen molar-refractivity contribution in [3.63, 3.8) is 0 Å². The molecule has 0 radical (unpaired) electrons. The predicted octanol–water partition coefficient (Wildman–Crippen LogP) is 2.97. The molecule has 2 aromatic carbocycles. The highest BCUT2D eigenvalue weighted by Gasteiger charge is 2.08. The molecule has 0 fully saturated rings. The highest BCUT2D eigenvalue weighted by molar-refractivity contribution is 6.27. The monoisotopic (exact) mass is 414 g/mol. The first kappa shape index (κ1) is 22.9. The number of rotatable bonds is 7. The highest BCUT2D eigenvalue weighted by atomic mass is 16.4. The van der Waals surface area contributed by atoms with Crippen LogP contribution in [-0.4, -0.2) is 45.2 Å². The molecule has 1 aromatic heterocycles. The van der Waals surface area contributed by atoms with Crippen LogP contribution in [0.5, 0.6) is 0 Å². The van der Waals surface area contributed by atoms with Gasteiger partial charge >= 0.3 is 17.7 Å². The molecule has 0 spiro atoms. The van der Waals surface area contributed by atoms with Gasteiger partial charge in [0.15, 0.2) is 5.58 Å². The van der Waals surface area contributed by atoms with Crippen molar-refractivity contribution in [2.75, 3.05) is 13.6 Å². The van der Waals surface area contributed by atoms with E-state index in [4.69, 9.17) is 24.2 Å². The summed E-state index contributed by atoms with van der Waals surface area (Å²) in [4.78, 5) is 32.4. The second-order valence-electron chi connectivity index (χ2n) is 7.03. The molecule has 0 bridgehead atoms. The maximum Gasteiger partial charge on any atom is 0.419 e. The molecule has 0 aliphatic carbocycles. The third-order valence-corrected chi connectivity index (χ3v) is 4.50. The Labute approximate surface area is 174 Å². The summed E-state index contributed by atoms with van der Waals surface area (Å²) in [7, 11) is 2.14. The van der Waals surface area contributed by atoms with Crippen LogP contribution in [0.4, 0.5) is 0 Å². The summed E-state index contributed by atoms with van der Waals surface area (Å²) in [6.45, 7) is 4.77. The van der Waals surface area contributed by atoms with Crippen molar-refractivity contribution in [3.8, 4) is 0 Å². The van der Waals surface area contributed by atoms with Gasteiger partial charge in [-0.3, -0.25) is 4.57 Å². The van der Waals surface area contributed by atoms with Crippen molar-refractivity contribution >= 4 is 23.0 Å². The standard InChI is InChI=1S/C20H24N2O2.C2H2O4/c1-16-9-11-17(12-10-16)15-21(2)13-5-6-14-22-18-7-3-4-8-19(18)24-20(22)23;3-1(4)2(5)6/h3-4,7-12H,5-6,13-15H2,1-2H3;(H,3,4)(H,5,6). The van der Waals surface area contributed by atoms with E-state index < -0.39 is 11.9 Å². The number of unbranched alkanes of at least 4 members (excludes halogenated alkanes) is 1. The van der Waals surface area contributed by atoms with Gasteiger partial charge in [0, 0.05) is 13.1 Å². The zero-order chi connectivity index (χ0) is 22.1. The van der Waals surface area contributed by atoms with Crippen molar-refractivity contribution in [2.24, 2.45) is 0 Å². The highest BCUT2D eigenvalue weighted by Crippen LogP contribution is 2.13. The number of aliphatic carboxylic acids is 2. The van der Waals surface area contributed by atoms with Gasteiger partial charge < -0.3 is 19.5 Å². The van der Waals surface area contributed by atoms with Crippen LogP contribution in [0.3, 0.4) is 0 Å². The molecule has 0 atom stereocenters. The number of para-hydroxylation sites is 2. The fourth-order valence-corrected chi connectivity index (χ4v) is 2.96. The number of carbonyl (C=O) groups is 2. The van der Waals surface area contributed by atoms with Crippen LogP contribution in [-0.2, 0) is 22.7 Å². The fraction of sp³-hybridized carbons (Fsp3) is 0.318. The lowest BCUT2D eigenvalue weighted by Gasteiger charge is -2.16. The summed E-state index contributed by atoms with van der Waals surface area (Å²) >= 11 is 0. The van der Waals surface area contributed by atoms with Crippen molar-refractivity contribution in [1.29, 1.82) is 0 Å². The Balaban J connectivity index is 0.000000469. The fourth-order valence-electron chi connectivity index (χ4n) is 2.96. The number of benzene rings is 2. The van der Waals surface area contributed by atoms with E-state index >= 15 is 0 Å². The van der Waals surface area contributed by atoms with Gasteiger partial charge in [0.25, 0.3) is 0 Å². The van der Waals surface area contributed by atoms with Crippen LogP contribution in [0.1, 0.15) is 24.0 Å². The Morgan fingerprint density at radius 2 is 1.63 bits per heavy atom. The quantitative estimate of drug-likeness (QED) is 0.451. The predicted molar refractivity (Wildman–Crippen MR) is 112 cm³/mol. The number of fused-ring (bicyclic) bond motifs is 1. The maximum atomic E-state index is 11.9. The topological polar surface area (TPSA) is 113 Å². The normalized spacial score (nSPS) is 10.6. The van der Waals surface area contributed by atoms with E-state index in [2.05, 4.69) is 43.1 Å². The van der Waals surface area contributed by atoms with Gasteiger partial charge in [0.1, 0.15) is 0 Å². The molecule has 8 heteroatoms. The van der Waals surface area contributed by atoms with Crippen LogP contribution < -0.4 is 5.76 Å². The zero-order valence-electron chi connectivity index (χ0n) is 17.1. The Morgan fingerprint density at radius 3 is 2.27 bits per heavy atom. The van der Waals surface area contributed by atoms with Gasteiger partial charge in [-0.05, 0) is 51.1 Å².